The summed E-state index contributed by atoms with van der Waals surface area (Å²) in [6, 6.07) is 12.4. The van der Waals surface area contributed by atoms with Crippen molar-refractivity contribution in [3.63, 3.8) is 0 Å². The highest BCUT2D eigenvalue weighted by Gasteiger charge is 2.18. The fourth-order valence-electron chi connectivity index (χ4n) is 2.65. The molecule has 24 heavy (non-hydrogen) atoms. The molecule has 0 bridgehead atoms. The van der Waals surface area contributed by atoms with E-state index in [9.17, 15) is 4.79 Å². The molecule has 2 heterocycles. The predicted molar refractivity (Wildman–Crippen MR) is 92.4 cm³/mol. The third-order valence-electron chi connectivity index (χ3n) is 3.88. The topological polar surface area (TPSA) is 49.0 Å². The van der Waals surface area contributed by atoms with Crippen molar-refractivity contribution in [2.24, 2.45) is 0 Å². The van der Waals surface area contributed by atoms with Crippen LogP contribution < -0.4 is 0 Å². The fourth-order valence-corrected chi connectivity index (χ4v) is 2.65. The number of aryl methyl sites for hydroxylation is 1. The second-order valence-electron chi connectivity index (χ2n) is 5.50. The van der Waals surface area contributed by atoms with Crippen LogP contribution in [0.4, 0.5) is 0 Å². The Hall–Kier alpha value is -3.08. The van der Waals surface area contributed by atoms with E-state index in [4.69, 9.17) is 0 Å². The number of ether oxygens (including phenoxy) is 1. The Morgan fingerprint density at radius 1 is 1.21 bits per heavy atom. The van der Waals surface area contributed by atoms with Crippen molar-refractivity contribution in [3.8, 4) is 0 Å². The van der Waals surface area contributed by atoms with Crippen LogP contribution in [-0.2, 0) is 9.53 Å². The van der Waals surface area contributed by atoms with Gasteiger partial charge in [0.15, 0.2) is 0 Å². The highest BCUT2D eigenvalue weighted by atomic mass is 16.5. The van der Waals surface area contributed by atoms with Gasteiger partial charge in [0.1, 0.15) is 6.04 Å². The number of imidazole rings is 1. The summed E-state index contributed by atoms with van der Waals surface area (Å²) in [6.45, 7) is 2.07. The molecule has 1 unspecified atom stereocenters. The number of benzene rings is 1. The molecule has 0 amide bonds. The maximum absolute atomic E-state index is 11.4. The first-order valence-corrected chi connectivity index (χ1v) is 7.66. The molecular formula is C19H19N3O2. The zero-order valence-electron chi connectivity index (χ0n) is 13.7. The minimum Gasteiger partial charge on any atom is -0.466 e. The van der Waals surface area contributed by atoms with Crippen LogP contribution in [0.2, 0.25) is 0 Å². The van der Waals surface area contributed by atoms with Crippen molar-refractivity contribution >= 4 is 12.2 Å². The number of carbonyl (C=O) groups is 1. The number of nitrogens with zero attached hydrogens (tertiary/aromatic N) is 3. The van der Waals surface area contributed by atoms with Gasteiger partial charge in [-0.3, -0.25) is 0 Å². The molecule has 5 heteroatoms. The summed E-state index contributed by atoms with van der Waals surface area (Å²) >= 11 is 0. The number of methoxy groups -OCH3 is 1. The molecule has 0 saturated carbocycles. The number of esters is 1. The quantitative estimate of drug-likeness (QED) is 0.535. The molecular weight excluding hydrogens is 302 g/mol. The monoisotopic (exact) mass is 321 g/mol. The highest BCUT2D eigenvalue weighted by molar-refractivity contribution is 5.84. The normalized spacial score (nSPS) is 12.4. The summed E-state index contributed by atoms with van der Waals surface area (Å²) in [5.74, 6) is -0.385. The molecule has 0 N–H and O–H groups in total. The number of carbonyl (C=O) groups excluding carboxylic acids is 1. The van der Waals surface area contributed by atoms with E-state index < -0.39 is 0 Å². The van der Waals surface area contributed by atoms with E-state index in [-0.39, 0.29) is 12.0 Å². The summed E-state index contributed by atoms with van der Waals surface area (Å²) in [5, 5.41) is 0. The van der Waals surface area contributed by atoms with Gasteiger partial charge < -0.3 is 13.9 Å². The van der Waals surface area contributed by atoms with Gasteiger partial charge in [0.25, 0.3) is 0 Å². The van der Waals surface area contributed by atoms with Gasteiger partial charge in [-0.25, -0.2) is 9.78 Å². The van der Waals surface area contributed by atoms with Crippen molar-refractivity contribution < 1.29 is 9.53 Å². The summed E-state index contributed by atoms with van der Waals surface area (Å²) in [4.78, 5) is 15.6. The first kappa shape index (κ1) is 15.8. The minimum atomic E-state index is -0.385. The lowest BCUT2D eigenvalue weighted by atomic mass is 10.0. The zero-order valence-corrected chi connectivity index (χ0v) is 13.7. The second kappa shape index (κ2) is 7.00. The van der Waals surface area contributed by atoms with Crippen LogP contribution in [0.5, 0.6) is 0 Å². The van der Waals surface area contributed by atoms with Crippen molar-refractivity contribution in [1.29, 1.82) is 0 Å². The van der Waals surface area contributed by atoms with Gasteiger partial charge in [-0.1, -0.05) is 29.8 Å². The number of rotatable bonds is 5. The Morgan fingerprint density at radius 3 is 2.67 bits per heavy atom. The molecule has 0 aliphatic rings. The van der Waals surface area contributed by atoms with Crippen LogP contribution >= 0.6 is 0 Å². The standard InChI is InChI=1S/C19H19N3O2/c1-15-5-7-16(8-6-15)19(22-13-10-20-14-22)17-4-3-11-21(17)12-9-18(23)24-2/h3-14,19H,1-2H3/b12-9+. The van der Waals surface area contributed by atoms with Crippen LogP contribution in [-0.4, -0.2) is 27.2 Å². The molecule has 1 atom stereocenters. The SMILES string of the molecule is COC(=O)/C=C/n1cccc1C(c1ccc(C)cc1)n1ccnc1. The molecule has 1 aromatic carbocycles. The van der Waals surface area contributed by atoms with Crippen molar-refractivity contribution in [2.75, 3.05) is 7.11 Å². The van der Waals surface area contributed by atoms with Crippen LogP contribution in [0.25, 0.3) is 6.20 Å². The largest absolute Gasteiger partial charge is 0.466 e. The lowest BCUT2D eigenvalue weighted by Crippen LogP contribution is -2.13. The Labute approximate surface area is 140 Å². The number of hydrogen-bond acceptors (Lipinski definition) is 3. The Morgan fingerprint density at radius 2 is 2.00 bits per heavy atom. The van der Waals surface area contributed by atoms with E-state index in [1.807, 2.05) is 33.7 Å². The predicted octanol–water partition coefficient (Wildman–Crippen LogP) is 3.27. The molecule has 0 aliphatic carbocycles. The first-order chi connectivity index (χ1) is 11.7. The molecule has 3 aromatic rings. The van der Waals surface area contributed by atoms with Crippen LogP contribution in [0, 0.1) is 6.92 Å². The van der Waals surface area contributed by atoms with Crippen LogP contribution in [0.1, 0.15) is 22.9 Å². The Balaban J connectivity index is 2.04. The smallest absolute Gasteiger partial charge is 0.331 e. The molecule has 2 aromatic heterocycles. The summed E-state index contributed by atoms with van der Waals surface area (Å²) in [7, 11) is 1.36. The van der Waals surface area contributed by atoms with Gasteiger partial charge in [0.05, 0.1) is 13.4 Å². The zero-order chi connectivity index (χ0) is 16.9. The van der Waals surface area contributed by atoms with Gasteiger partial charge in [0, 0.05) is 36.6 Å². The van der Waals surface area contributed by atoms with Gasteiger partial charge in [-0.2, -0.15) is 0 Å². The molecule has 0 fully saturated rings. The van der Waals surface area contributed by atoms with Crippen molar-refractivity contribution in [1.82, 2.24) is 14.1 Å². The first-order valence-electron chi connectivity index (χ1n) is 7.66. The molecule has 0 radical (unpaired) electrons. The van der Waals surface area contributed by atoms with E-state index in [0.29, 0.717) is 0 Å². The average Bonchev–Trinajstić information content (AvgIpc) is 3.27. The Bertz CT molecular complexity index is 830. The van der Waals surface area contributed by atoms with E-state index in [1.165, 1.54) is 18.7 Å². The van der Waals surface area contributed by atoms with Gasteiger partial charge in [0.2, 0.25) is 0 Å². The fraction of sp³-hybridized carbons (Fsp3) is 0.158. The van der Waals surface area contributed by atoms with Crippen molar-refractivity contribution in [3.05, 3.63) is 84.2 Å². The molecule has 0 spiro atoms. The lowest BCUT2D eigenvalue weighted by molar-refractivity contribution is -0.134. The third-order valence-corrected chi connectivity index (χ3v) is 3.88. The van der Waals surface area contributed by atoms with Crippen LogP contribution in [0.3, 0.4) is 0 Å². The van der Waals surface area contributed by atoms with Gasteiger partial charge in [-0.05, 0) is 24.6 Å². The van der Waals surface area contributed by atoms with Gasteiger partial charge in [-0.15, -0.1) is 0 Å². The lowest BCUT2D eigenvalue weighted by Gasteiger charge is -2.20. The highest BCUT2D eigenvalue weighted by Crippen LogP contribution is 2.27. The molecule has 122 valence electrons. The molecule has 3 rings (SSSR count). The second-order valence-corrected chi connectivity index (χ2v) is 5.50. The summed E-state index contributed by atoms with van der Waals surface area (Å²) in [5.41, 5.74) is 3.38. The van der Waals surface area contributed by atoms with E-state index in [0.717, 1.165) is 11.3 Å². The van der Waals surface area contributed by atoms with Crippen molar-refractivity contribution in [2.45, 2.75) is 13.0 Å². The summed E-state index contributed by atoms with van der Waals surface area (Å²) in [6.07, 6.45) is 10.5. The molecule has 0 aliphatic heterocycles. The Kier molecular flexibility index (Phi) is 4.61. The van der Waals surface area contributed by atoms with E-state index in [2.05, 4.69) is 40.9 Å². The number of hydrogen-bond donors (Lipinski definition) is 0. The van der Waals surface area contributed by atoms with Gasteiger partial charge >= 0.3 is 5.97 Å². The minimum absolute atomic E-state index is 0.0367. The molecule has 0 saturated heterocycles. The third kappa shape index (κ3) is 3.30. The average molecular weight is 321 g/mol. The number of aromatic nitrogens is 3. The molecule has 5 nitrogen and oxygen atoms in total. The summed E-state index contributed by atoms with van der Waals surface area (Å²) < 4.78 is 8.63. The van der Waals surface area contributed by atoms with E-state index in [1.54, 1.807) is 18.7 Å². The maximum Gasteiger partial charge on any atom is 0.331 e. The van der Waals surface area contributed by atoms with E-state index >= 15 is 0 Å². The van der Waals surface area contributed by atoms with Crippen LogP contribution in [0.15, 0.2) is 67.4 Å². The maximum atomic E-state index is 11.4.